The highest BCUT2D eigenvalue weighted by Gasteiger charge is 2.10. The molecule has 3 N–H and O–H groups in total. The Morgan fingerprint density at radius 1 is 1.10 bits per heavy atom. The number of aliphatic imine (C=N–C) groups is 1. The van der Waals surface area contributed by atoms with Crippen molar-refractivity contribution in [3.05, 3.63) is 59.2 Å². The fourth-order valence-corrected chi connectivity index (χ4v) is 3.48. The molecule has 0 fully saturated rings. The van der Waals surface area contributed by atoms with E-state index in [-0.39, 0.29) is 35.0 Å². The maximum atomic E-state index is 11.8. The molecule has 9 heteroatoms. The maximum Gasteiger partial charge on any atom is 0.240 e. The van der Waals surface area contributed by atoms with E-state index < -0.39 is 10.0 Å². The summed E-state index contributed by atoms with van der Waals surface area (Å²) in [5, 5.41) is 6.57. The molecule has 0 aliphatic heterocycles. The van der Waals surface area contributed by atoms with E-state index in [4.69, 9.17) is 4.74 Å². The first-order valence-corrected chi connectivity index (χ1v) is 11.5. The van der Waals surface area contributed by atoms with Crippen molar-refractivity contribution in [2.75, 3.05) is 13.6 Å². The molecule has 31 heavy (non-hydrogen) atoms. The van der Waals surface area contributed by atoms with Crippen molar-refractivity contribution < 1.29 is 13.2 Å². The molecule has 0 aromatic heterocycles. The number of ether oxygens (including phenoxy) is 1. The Balaban J connectivity index is 0.00000480. The van der Waals surface area contributed by atoms with E-state index in [1.807, 2.05) is 33.8 Å². The zero-order valence-corrected chi connectivity index (χ0v) is 21.9. The fourth-order valence-electron chi connectivity index (χ4n) is 2.75. The maximum absolute atomic E-state index is 11.8. The monoisotopic (exact) mass is 560 g/mol. The van der Waals surface area contributed by atoms with E-state index in [0.29, 0.717) is 19.0 Å². The van der Waals surface area contributed by atoms with Crippen LogP contribution < -0.4 is 20.1 Å². The number of aryl methyl sites for hydroxylation is 1. The van der Waals surface area contributed by atoms with Gasteiger partial charge in [-0.15, -0.1) is 24.0 Å². The van der Waals surface area contributed by atoms with Gasteiger partial charge in [0, 0.05) is 18.7 Å². The number of nitrogens with zero attached hydrogens (tertiary/aromatic N) is 1. The SMILES string of the molecule is CCNC(=NCc1ccc(S(=O)(=O)NC)cc1)NCc1ccc(C)cc1OC(C)C.I. The summed E-state index contributed by atoms with van der Waals surface area (Å²) in [5.74, 6) is 1.55. The van der Waals surface area contributed by atoms with E-state index in [2.05, 4.69) is 32.5 Å². The molecule has 7 nitrogen and oxygen atoms in total. The molecule has 0 atom stereocenters. The number of nitrogens with one attached hydrogen (secondary N) is 3. The molecular weight excluding hydrogens is 527 g/mol. The Labute approximate surface area is 203 Å². The molecule has 0 aliphatic carbocycles. The van der Waals surface area contributed by atoms with Crippen molar-refractivity contribution in [3.8, 4) is 5.75 Å². The van der Waals surface area contributed by atoms with Crippen LogP contribution >= 0.6 is 24.0 Å². The van der Waals surface area contributed by atoms with E-state index in [1.54, 1.807) is 24.3 Å². The largest absolute Gasteiger partial charge is 0.491 e. The molecule has 0 amide bonds. The lowest BCUT2D eigenvalue weighted by molar-refractivity contribution is 0.239. The van der Waals surface area contributed by atoms with Gasteiger partial charge in [-0.25, -0.2) is 18.1 Å². The predicted molar refractivity (Wildman–Crippen MR) is 137 cm³/mol. The number of sulfonamides is 1. The van der Waals surface area contributed by atoms with Crippen molar-refractivity contribution in [1.82, 2.24) is 15.4 Å². The Hall–Kier alpha value is -1.85. The molecule has 0 radical (unpaired) electrons. The highest BCUT2D eigenvalue weighted by atomic mass is 127. The summed E-state index contributed by atoms with van der Waals surface area (Å²) >= 11 is 0. The van der Waals surface area contributed by atoms with Crippen LogP contribution in [0.4, 0.5) is 0 Å². The zero-order valence-electron chi connectivity index (χ0n) is 18.7. The molecule has 0 bridgehead atoms. The molecule has 0 saturated heterocycles. The van der Waals surface area contributed by atoms with Gasteiger partial charge in [-0.2, -0.15) is 0 Å². The second-order valence-electron chi connectivity index (χ2n) is 7.18. The average Bonchev–Trinajstić information content (AvgIpc) is 2.71. The smallest absolute Gasteiger partial charge is 0.240 e. The first kappa shape index (κ1) is 27.2. The summed E-state index contributed by atoms with van der Waals surface area (Å²) in [6, 6.07) is 12.9. The van der Waals surface area contributed by atoms with Crippen LogP contribution in [0.1, 0.15) is 37.5 Å². The van der Waals surface area contributed by atoms with Crippen LogP contribution in [0.15, 0.2) is 52.4 Å². The number of rotatable bonds is 9. The lowest BCUT2D eigenvalue weighted by atomic mass is 10.1. The molecule has 2 aromatic rings. The summed E-state index contributed by atoms with van der Waals surface area (Å²) in [5.41, 5.74) is 3.13. The van der Waals surface area contributed by atoms with Crippen LogP contribution in [0.3, 0.4) is 0 Å². The lowest BCUT2D eigenvalue weighted by Gasteiger charge is -2.17. The number of halogens is 1. The van der Waals surface area contributed by atoms with Crippen LogP contribution in [0, 0.1) is 6.92 Å². The predicted octanol–water partition coefficient (Wildman–Crippen LogP) is 3.56. The third-order valence-corrected chi connectivity index (χ3v) is 5.73. The number of guanidine groups is 1. The van der Waals surface area contributed by atoms with Crippen molar-refractivity contribution in [1.29, 1.82) is 0 Å². The van der Waals surface area contributed by atoms with Crippen molar-refractivity contribution in [2.45, 2.75) is 51.8 Å². The second-order valence-corrected chi connectivity index (χ2v) is 9.06. The number of hydrogen-bond donors (Lipinski definition) is 3. The van der Waals surface area contributed by atoms with Gasteiger partial charge < -0.3 is 15.4 Å². The third kappa shape index (κ3) is 8.66. The van der Waals surface area contributed by atoms with Crippen LogP contribution in [-0.2, 0) is 23.1 Å². The molecule has 0 unspecified atom stereocenters. The minimum Gasteiger partial charge on any atom is -0.491 e. The Morgan fingerprint density at radius 2 is 1.77 bits per heavy atom. The Kier molecular flexibility index (Phi) is 11.3. The first-order chi connectivity index (χ1) is 14.2. The van der Waals surface area contributed by atoms with E-state index in [0.717, 1.165) is 29.0 Å². The van der Waals surface area contributed by atoms with E-state index in [1.165, 1.54) is 7.05 Å². The summed E-state index contributed by atoms with van der Waals surface area (Å²) in [6.45, 7) is 9.81. The minimum atomic E-state index is -3.43. The van der Waals surface area contributed by atoms with Gasteiger partial charge in [0.05, 0.1) is 17.5 Å². The molecule has 2 rings (SSSR count). The summed E-state index contributed by atoms with van der Waals surface area (Å²) in [6.07, 6.45) is 0.0992. The minimum absolute atomic E-state index is 0. The normalized spacial score (nSPS) is 11.7. The van der Waals surface area contributed by atoms with Crippen molar-refractivity contribution >= 4 is 40.0 Å². The summed E-state index contributed by atoms with van der Waals surface area (Å²) < 4.78 is 31.9. The number of benzene rings is 2. The Morgan fingerprint density at radius 3 is 2.35 bits per heavy atom. The molecule has 172 valence electrons. The molecule has 0 saturated carbocycles. The van der Waals surface area contributed by atoms with Crippen molar-refractivity contribution in [3.63, 3.8) is 0 Å². The van der Waals surface area contributed by atoms with Gasteiger partial charge in [0.15, 0.2) is 5.96 Å². The lowest BCUT2D eigenvalue weighted by Crippen LogP contribution is -2.36. The van der Waals surface area contributed by atoms with Gasteiger partial charge in [0.25, 0.3) is 0 Å². The average molecular weight is 561 g/mol. The molecule has 0 spiro atoms. The molecule has 0 heterocycles. The summed E-state index contributed by atoms with van der Waals surface area (Å²) in [4.78, 5) is 4.84. The van der Waals surface area contributed by atoms with Gasteiger partial charge in [-0.1, -0.05) is 24.3 Å². The molecule has 0 aliphatic rings. The summed E-state index contributed by atoms with van der Waals surface area (Å²) in [7, 11) is -2.04. The standard InChI is InChI=1S/C22H32N4O3S.HI/c1-6-24-22(25-14-18-8-11-20(12-9-18)30(27,28)23-5)26-15-19-10-7-17(4)13-21(19)29-16(2)3;/h7-13,16,23H,6,14-15H2,1-5H3,(H2,24,25,26);1H. The van der Waals surface area contributed by atoms with Gasteiger partial charge in [-0.3, -0.25) is 0 Å². The van der Waals surface area contributed by atoms with Gasteiger partial charge in [0.1, 0.15) is 5.75 Å². The number of hydrogen-bond acceptors (Lipinski definition) is 4. The molecule has 2 aromatic carbocycles. The topological polar surface area (TPSA) is 91.8 Å². The zero-order chi connectivity index (χ0) is 22.1. The highest BCUT2D eigenvalue weighted by Crippen LogP contribution is 2.21. The van der Waals surface area contributed by atoms with Gasteiger partial charge >= 0.3 is 0 Å². The van der Waals surface area contributed by atoms with E-state index >= 15 is 0 Å². The fraction of sp³-hybridized carbons (Fsp3) is 0.409. The van der Waals surface area contributed by atoms with Crippen molar-refractivity contribution in [2.24, 2.45) is 4.99 Å². The quantitative estimate of drug-likeness (QED) is 0.248. The van der Waals surface area contributed by atoms with Gasteiger partial charge in [0.2, 0.25) is 10.0 Å². The van der Waals surface area contributed by atoms with Crippen LogP contribution in [0.2, 0.25) is 0 Å². The first-order valence-electron chi connectivity index (χ1n) is 10.1. The van der Waals surface area contributed by atoms with E-state index in [9.17, 15) is 8.42 Å². The second kappa shape index (κ2) is 12.9. The van der Waals surface area contributed by atoms with Crippen LogP contribution in [-0.4, -0.2) is 34.1 Å². The molecular formula is C22H33IN4O3S. The van der Waals surface area contributed by atoms with Crippen LogP contribution in [0.25, 0.3) is 0 Å². The van der Waals surface area contributed by atoms with Crippen LogP contribution in [0.5, 0.6) is 5.75 Å². The van der Waals surface area contributed by atoms with Gasteiger partial charge in [-0.05, 0) is 64.1 Å². The Bertz CT molecular complexity index is 961. The highest BCUT2D eigenvalue weighted by molar-refractivity contribution is 14.0. The third-order valence-electron chi connectivity index (χ3n) is 4.30.